The van der Waals surface area contributed by atoms with E-state index in [0.717, 1.165) is 24.6 Å². The Kier molecular flexibility index (Phi) is 4.90. The highest BCUT2D eigenvalue weighted by atomic mass is 19.1. The molecule has 0 heterocycles. The van der Waals surface area contributed by atoms with Crippen LogP contribution in [0.2, 0.25) is 0 Å². The summed E-state index contributed by atoms with van der Waals surface area (Å²) in [6, 6.07) is 11.0. The lowest BCUT2D eigenvalue weighted by atomic mass is 10.0. The number of carbonyl (C=O) groups is 1. The van der Waals surface area contributed by atoms with Crippen LogP contribution in [-0.4, -0.2) is 24.6 Å². The van der Waals surface area contributed by atoms with Crippen molar-refractivity contribution in [3.63, 3.8) is 0 Å². The van der Waals surface area contributed by atoms with Crippen LogP contribution in [-0.2, 0) is 6.42 Å². The standard InChI is InChI=1S/C16H17FN2O2/c1-18-9-8-11-4-2-3-5-13(11)16(21)19-12-6-7-15(20)14(17)10-12/h2-7,10,18,20H,8-9H2,1H3,(H,19,21). The number of nitrogens with one attached hydrogen (secondary N) is 2. The first kappa shape index (κ1) is 15.0. The summed E-state index contributed by atoms with van der Waals surface area (Å²) < 4.78 is 13.3. The third-order valence-electron chi connectivity index (χ3n) is 3.11. The van der Waals surface area contributed by atoms with E-state index in [0.29, 0.717) is 11.3 Å². The zero-order valence-electron chi connectivity index (χ0n) is 11.7. The summed E-state index contributed by atoms with van der Waals surface area (Å²) in [5.41, 5.74) is 1.78. The van der Waals surface area contributed by atoms with E-state index in [9.17, 15) is 9.18 Å². The van der Waals surface area contributed by atoms with Gasteiger partial charge in [0.25, 0.3) is 5.91 Å². The number of amides is 1. The molecule has 0 bridgehead atoms. The molecular formula is C16H17FN2O2. The molecule has 0 saturated heterocycles. The van der Waals surface area contributed by atoms with Gasteiger partial charge in [-0.1, -0.05) is 18.2 Å². The van der Waals surface area contributed by atoms with Crippen LogP contribution in [0.15, 0.2) is 42.5 Å². The molecular weight excluding hydrogens is 271 g/mol. The molecule has 0 aliphatic rings. The highest BCUT2D eigenvalue weighted by Crippen LogP contribution is 2.20. The van der Waals surface area contributed by atoms with Crippen molar-refractivity contribution in [1.82, 2.24) is 5.32 Å². The van der Waals surface area contributed by atoms with Gasteiger partial charge in [0.15, 0.2) is 11.6 Å². The van der Waals surface area contributed by atoms with E-state index in [2.05, 4.69) is 10.6 Å². The van der Waals surface area contributed by atoms with Crippen molar-refractivity contribution in [2.24, 2.45) is 0 Å². The Hall–Kier alpha value is -2.40. The van der Waals surface area contributed by atoms with Gasteiger partial charge in [-0.3, -0.25) is 4.79 Å². The molecule has 110 valence electrons. The SMILES string of the molecule is CNCCc1ccccc1C(=O)Nc1ccc(O)c(F)c1. The first-order chi connectivity index (χ1) is 10.1. The number of benzene rings is 2. The molecule has 0 aliphatic carbocycles. The fourth-order valence-corrected chi connectivity index (χ4v) is 2.00. The number of phenols is 1. The molecule has 0 saturated carbocycles. The highest BCUT2D eigenvalue weighted by molar-refractivity contribution is 6.05. The molecule has 0 atom stereocenters. The Morgan fingerprint density at radius 1 is 1.24 bits per heavy atom. The van der Waals surface area contributed by atoms with Gasteiger partial charge >= 0.3 is 0 Å². The normalized spacial score (nSPS) is 10.4. The molecule has 3 N–H and O–H groups in total. The van der Waals surface area contributed by atoms with Crippen molar-refractivity contribution in [3.05, 3.63) is 59.4 Å². The third kappa shape index (κ3) is 3.79. The molecule has 0 spiro atoms. The summed E-state index contributed by atoms with van der Waals surface area (Å²) in [6.45, 7) is 0.762. The second-order valence-electron chi connectivity index (χ2n) is 4.63. The van der Waals surface area contributed by atoms with Crippen LogP contribution < -0.4 is 10.6 Å². The predicted octanol–water partition coefficient (Wildman–Crippen LogP) is 2.55. The Bertz CT molecular complexity index is 644. The minimum Gasteiger partial charge on any atom is -0.505 e. The van der Waals surface area contributed by atoms with E-state index in [1.165, 1.54) is 12.1 Å². The van der Waals surface area contributed by atoms with Crippen molar-refractivity contribution < 1.29 is 14.3 Å². The van der Waals surface area contributed by atoms with Gasteiger partial charge in [-0.25, -0.2) is 4.39 Å². The number of carbonyl (C=O) groups excluding carboxylic acids is 1. The van der Waals surface area contributed by atoms with Crippen molar-refractivity contribution in [1.29, 1.82) is 0 Å². The maximum absolute atomic E-state index is 13.3. The molecule has 21 heavy (non-hydrogen) atoms. The largest absolute Gasteiger partial charge is 0.505 e. The summed E-state index contributed by atoms with van der Waals surface area (Å²) in [6.07, 6.45) is 0.726. The average Bonchev–Trinajstić information content (AvgIpc) is 2.49. The van der Waals surface area contributed by atoms with Crippen LogP contribution in [0.1, 0.15) is 15.9 Å². The van der Waals surface area contributed by atoms with Crippen molar-refractivity contribution in [2.75, 3.05) is 18.9 Å². The molecule has 0 fully saturated rings. The van der Waals surface area contributed by atoms with E-state index in [1.807, 2.05) is 19.2 Å². The number of hydrogen-bond acceptors (Lipinski definition) is 3. The van der Waals surface area contributed by atoms with Crippen LogP contribution >= 0.6 is 0 Å². The maximum atomic E-state index is 13.3. The average molecular weight is 288 g/mol. The Labute approximate surface area is 122 Å². The van der Waals surface area contributed by atoms with Crippen LogP contribution in [0.5, 0.6) is 5.75 Å². The van der Waals surface area contributed by atoms with Gasteiger partial charge in [-0.05, 0) is 43.8 Å². The summed E-state index contributed by atoms with van der Waals surface area (Å²) >= 11 is 0. The van der Waals surface area contributed by atoms with Gasteiger partial charge in [0.2, 0.25) is 0 Å². The second-order valence-corrected chi connectivity index (χ2v) is 4.63. The number of anilines is 1. The molecule has 1 amide bonds. The lowest BCUT2D eigenvalue weighted by Crippen LogP contribution is -2.17. The molecule has 0 aliphatic heterocycles. The summed E-state index contributed by atoms with van der Waals surface area (Å²) in [5.74, 6) is -1.51. The number of halogens is 1. The van der Waals surface area contributed by atoms with Crippen molar-refractivity contribution in [3.8, 4) is 5.75 Å². The molecule has 5 heteroatoms. The van der Waals surface area contributed by atoms with E-state index in [4.69, 9.17) is 5.11 Å². The number of likely N-dealkylation sites (N-methyl/N-ethyl adjacent to an activating group) is 1. The predicted molar refractivity (Wildman–Crippen MR) is 80.1 cm³/mol. The number of rotatable bonds is 5. The maximum Gasteiger partial charge on any atom is 0.255 e. The molecule has 0 aromatic heterocycles. The van der Waals surface area contributed by atoms with Crippen LogP contribution in [0, 0.1) is 5.82 Å². The number of aromatic hydroxyl groups is 1. The zero-order valence-corrected chi connectivity index (χ0v) is 11.7. The zero-order chi connectivity index (χ0) is 15.2. The van der Waals surface area contributed by atoms with Gasteiger partial charge in [0.1, 0.15) is 0 Å². The van der Waals surface area contributed by atoms with Crippen LogP contribution in [0.4, 0.5) is 10.1 Å². The Morgan fingerprint density at radius 2 is 2.00 bits per heavy atom. The summed E-state index contributed by atoms with van der Waals surface area (Å²) in [5, 5.41) is 14.8. The molecule has 2 rings (SSSR count). The second kappa shape index (κ2) is 6.85. The minimum atomic E-state index is -0.767. The number of phenolic OH excluding ortho intramolecular Hbond substituents is 1. The molecule has 0 radical (unpaired) electrons. The lowest BCUT2D eigenvalue weighted by Gasteiger charge is -2.10. The summed E-state index contributed by atoms with van der Waals surface area (Å²) in [4.78, 5) is 12.3. The van der Waals surface area contributed by atoms with Crippen LogP contribution in [0.25, 0.3) is 0 Å². The number of hydrogen-bond donors (Lipinski definition) is 3. The van der Waals surface area contributed by atoms with Gasteiger partial charge in [0, 0.05) is 17.3 Å². The van der Waals surface area contributed by atoms with E-state index in [1.54, 1.807) is 12.1 Å². The van der Waals surface area contributed by atoms with Gasteiger partial charge in [-0.2, -0.15) is 0 Å². The third-order valence-corrected chi connectivity index (χ3v) is 3.11. The van der Waals surface area contributed by atoms with Crippen LogP contribution in [0.3, 0.4) is 0 Å². The Balaban J connectivity index is 2.18. The first-order valence-corrected chi connectivity index (χ1v) is 6.64. The van der Waals surface area contributed by atoms with Crippen molar-refractivity contribution >= 4 is 11.6 Å². The smallest absolute Gasteiger partial charge is 0.255 e. The van der Waals surface area contributed by atoms with Gasteiger partial charge in [0.05, 0.1) is 0 Å². The lowest BCUT2D eigenvalue weighted by molar-refractivity contribution is 0.102. The summed E-state index contributed by atoms with van der Waals surface area (Å²) in [7, 11) is 1.85. The van der Waals surface area contributed by atoms with E-state index >= 15 is 0 Å². The quantitative estimate of drug-likeness (QED) is 0.741. The first-order valence-electron chi connectivity index (χ1n) is 6.64. The Morgan fingerprint density at radius 3 is 2.71 bits per heavy atom. The fraction of sp³-hybridized carbons (Fsp3) is 0.188. The van der Waals surface area contributed by atoms with Crippen molar-refractivity contribution in [2.45, 2.75) is 6.42 Å². The van der Waals surface area contributed by atoms with E-state index < -0.39 is 11.6 Å². The topological polar surface area (TPSA) is 61.4 Å². The minimum absolute atomic E-state index is 0.299. The molecule has 2 aromatic carbocycles. The molecule has 2 aromatic rings. The molecule has 0 unspecified atom stereocenters. The van der Waals surface area contributed by atoms with E-state index in [-0.39, 0.29) is 5.91 Å². The monoisotopic (exact) mass is 288 g/mol. The van der Waals surface area contributed by atoms with Gasteiger partial charge < -0.3 is 15.7 Å². The highest BCUT2D eigenvalue weighted by Gasteiger charge is 2.11. The molecule has 4 nitrogen and oxygen atoms in total. The van der Waals surface area contributed by atoms with Gasteiger partial charge in [-0.15, -0.1) is 0 Å². The fourth-order valence-electron chi connectivity index (χ4n) is 2.00.